The van der Waals surface area contributed by atoms with E-state index in [9.17, 15) is 0 Å². The maximum atomic E-state index is 5.96. The molecule has 0 atom stereocenters. The number of ether oxygens (including phenoxy) is 2. The van der Waals surface area contributed by atoms with E-state index in [1.54, 1.807) is 7.11 Å². The van der Waals surface area contributed by atoms with Crippen LogP contribution in [0.4, 0.5) is 11.4 Å². The first kappa shape index (κ1) is 12.7. The molecule has 3 rings (SSSR count). The third-order valence-electron chi connectivity index (χ3n) is 3.49. The largest absolute Gasteiger partial charge is 0.495 e. The van der Waals surface area contributed by atoms with Crippen molar-refractivity contribution < 1.29 is 9.47 Å². The zero-order valence-corrected chi connectivity index (χ0v) is 11.5. The summed E-state index contributed by atoms with van der Waals surface area (Å²) < 4.78 is 10.9. The molecule has 1 heterocycles. The SMILES string of the molecule is COc1ccc(CN2CCOc3ccccc32)cc1N. The van der Waals surface area contributed by atoms with E-state index in [0.717, 1.165) is 30.3 Å². The molecule has 0 aliphatic carbocycles. The van der Waals surface area contributed by atoms with E-state index in [1.165, 1.54) is 5.56 Å². The molecule has 2 N–H and O–H groups in total. The van der Waals surface area contributed by atoms with E-state index in [1.807, 2.05) is 36.4 Å². The van der Waals surface area contributed by atoms with Crippen molar-refractivity contribution in [2.45, 2.75) is 6.54 Å². The van der Waals surface area contributed by atoms with Crippen molar-refractivity contribution in [3.8, 4) is 11.5 Å². The third-order valence-corrected chi connectivity index (χ3v) is 3.49. The Hall–Kier alpha value is -2.36. The van der Waals surface area contributed by atoms with Gasteiger partial charge in [0.1, 0.15) is 18.1 Å². The van der Waals surface area contributed by atoms with Crippen molar-refractivity contribution in [3.63, 3.8) is 0 Å². The second kappa shape index (κ2) is 5.33. The van der Waals surface area contributed by atoms with Crippen LogP contribution in [0.1, 0.15) is 5.56 Å². The number of benzene rings is 2. The predicted octanol–water partition coefficient (Wildman–Crippen LogP) is 2.68. The van der Waals surface area contributed by atoms with Crippen LogP contribution in [0.5, 0.6) is 11.5 Å². The molecule has 0 spiro atoms. The van der Waals surface area contributed by atoms with Crippen molar-refractivity contribution >= 4 is 11.4 Å². The topological polar surface area (TPSA) is 47.7 Å². The molecule has 0 saturated heterocycles. The van der Waals surface area contributed by atoms with Gasteiger partial charge in [0.2, 0.25) is 0 Å². The number of rotatable bonds is 3. The van der Waals surface area contributed by atoms with Gasteiger partial charge in [-0.3, -0.25) is 0 Å². The Morgan fingerprint density at radius 1 is 1.25 bits per heavy atom. The Kier molecular flexibility index (Phi) is 3.37. The molecule has 0 amide bonds. The zero-order valence-electron chi connectivity index (χ0n) is 11.5. The lowest BCUT2D eigenvalue weighted by molar-refractivity contribution is 0.307. The van der Waals surface area contributed by atoms with Crippen LogP contribution >= 0.6 is 0 Å². The van der Waals surface area contributed by atoms with Gasteiger partial charge >= 0.3 is 0 Å². The van der Waals surface area contributed by atoms with E-state index >= 15 is 0 Å². The first-order chi connectivity index (χ1) is 9.78. The smallest absolute Gasteiger partial charge is 0.142 e. The summed E-state index contributed by atoms with van der Waals surface area (Å²) in [5.74, 6) is 1.66. The maximum Gasteiger partial charge on any atom is 0.142 e. The lowest BCUT2D eigenvalue weighted by Gasteiger charge is -2.31. The number of nitrogen functional groups attached to an aromatic ring is 1. The summed E-state index contributed by atoms with van der Waals surface area (Å²) in [7, 11) is 1.63. The lowest BCUT2D eigenvalue weighted by Crippen LogP contribution is -2.32. The van der Waals surface area contributed by atoms with Crippen LogP contribution in [0, 0.1) is 0 Å². The summed E-state index contributed by atoms with van der Waals surface area (Å²) in [6.45, 7) is 2.40. The van der Waals surface area contributed by atoms with Crippen LogP contribution in [0.2, 0.25) is 0 Å². The Bertz CT molecular complexity index is 613. The molecule has 0 fully saturated rings. The fraction of sp³-hybridized carbons (Fsp3) is 0.250. The van der Waals surface area contributed by atoms with Gasteiger partial charge in [0, 0.05) is 6.54 Å². The Morgan fingerprint density at radius 2 is 2.10 bits per heavy atom. The highest BCUT2D eigenvalue weighted by Gasteiger charge is 2.17. The number of anilines is 2. The van der Waals surface area contributed by atoms with Gasteiger partial charge in [-0.25, -0.2) is 0 Å². The zero-order chi connectivity index (χ0) is 13.9. The maximum absolute atomic E-state index is 5.96. The number of fused-ring (bicyclic) bond motifs is 1. The molecule has 1 aliphatic heterocycles. The average molecular weight is 270 g/mol. The number of nitrogens with zero attached hydrogens (tertiary/aromatic N) is 1. The van der Waals surface area contributed by atoms with E-state index in [2.05, 4.69) is 11.0 Å². The number of hydrogen-bond donors (Lipinski definition) is 1. The van der Waals surface area contributed by atoms with Crippen LogP contribution in [0.15, 0.2) is 42.5 Å². The summed E-state index contributed by atoms with van der Waals surface area (Å²) >= 11 is 0. The summed E-state index contributed by atoms with van der Waals surface area (Å²) in [6.07, 6.45) is 0. The van der Waals surface area contributed by atoms with E-state index in [0.29, 0.717) is 12.3 Å². The average Bonchev–Trinajstić information content (AvgIpc) is 2.48. The monoisotopic (exact) mass is 270 g/mol. The summed E-state index contributed by atoms with van der Waals surface area (Å²) in [4.78, 5) is 2.31. The second-order valence-electron chi connectivity index (χ2n) is 4.81. The van der Waals surface area contributed by atoms with Gasteiger partial charge in [-0.05, 0) is 29.8 Å². The van der Waals surface area contributed by atoms with Gasteiger partial charge in [-0.15, -0.1) is 0 Å². The number of nitrogens with two attached hydrogens (primary N) is 1. The molecule has 0 aromatic heterocycles. The van der Waals surface area contributed by atoms with Crippen molar-refractivity contribution in [1.29, 1.82) is 0 Å². The molecule has 2 aromatic carbocycles. The highest BCUT2D eigenvalue weighted by atomic mass is 16.5. The molecule has 20 heavy (non-hydrogen) atoms. The quantitative estimate of drug-likeness (QED) is 0.871. The Labute approximate surface area is 118 Å². The van der Waals surface area contributed by atoms with Crippen LogP contribution in [0.3, 0.4) is 0 Å². The standard InChI is InChI=1S/C16H18N2O2/c1-19-15-7-6-12(10-13(15)17)11-18-8-9-20-16-5-3-2-4-14(16)18/h2-7,10H,8-9,11,17H2,1H3. The van der Waals surface area contributed by atoms with E-state index in [4.69, 9.17) is 15.2 Å². The van der Waals surface area contributed by atoms with Crippen LogP contribution in [-0.4, -0.2) is 20.3 Å². The Morgan fingerprint density at radius 3 is 2.90 bits per heavy atom. The molecular weight excluding hydrogens is 252 g/mol. The van der Waals surface area contributed by atoms with Gasteiger partial charge < -0.3 is 20.1 Å². The molecular formula is C16H18N2O2. The second-order valence-corrected chi connectivity index (χ2v) is 4.81. The van der Waals surface area contributed by atoms with Crippen LogP contribution < -0.4 is 20.1 Å². The van der Waals surface area contributed by atoms with Gasteiger partial charge in [0.05, 0.1) is 25.0 Å². The third kappa shape index (κ3) is 2.37. The molecule has 0 bridgehead atoms. The number of hydrogen-bond acceptors (Lipinski definition) is 4. The fourth-order valence-electron chi connectivity index (χ4n) is 2.49. The van der Waals surface area contributed by atoms with Gasteiger partial charge in [-0.2, -0.15) is 0 Å². The molecule has 2 aromatic rings. The van der Waals surface area contributed by atoms with Crippen LogP contribution in [0.25, 0.3) is 0 Å². The first-order valence-corrected chi connectivity index (χ1v) is 6.67. The summed E-state index contributed by atoms with van der Waals surface area (Å²) in [5, 5.41) is 0. The van der Waals surface area contributed by atoms with E-state index in [-0.39, 0.29) is 0 Å². The number of para-hydroxylation sites is 2. The summed E-state index contributed by atoms with van der Waals surface area (Å²) in [6, 6.07) is 14.0. The normalized spacial score (nSPS) is 13.6. The Balaban J connectivity index is 1.84. The van der Waals surface area contributed by atoms with Gasteiger partial charge in [0.15, 0.2) is 0 Å². The molecule has 1 aliphatic rings. The van der Waals surface area contributed by atoms with Crippen LogP contribution in [-0.2, 0) is 6.54 Å². The molecule has 4 heteroatoms. The first-order valence-electron chi connectivity index (χ1n) is 6.67. The lowest BCUT2D eigenvalue weighted by atomic mass is 10.1. The van der Waals surface area contributed by atoms with Gasteiger partial charge in [0.25, 0.3) is 0 Å². The fourth-order valence-corrected chi connectivity index (χ4v) is 2.49. The molecule has 0 radical (unpaired) electrons. The molecule has 104 valence electrons. The van der Waals surface area contributed by atoms with Crippen molar-refractivity contribution in [2.24, 2.45) is 0 Å². The van der Waals surface area contributed by atoms with Crippen molar-refractivity contribution in [3.05, 3.63) is 48.0 Å². The minimum absolute atomic E-state index is 0.673. The van der Waals surface area contributed by atoms with Gasteiger partial charge in [-0.1, -0.05) is 18.2 Å². The molecule has 0 unspecified atom stereocenters. The van der Waals surface area contributed by atoms with E-state index < -0.39 is 0 Å². The molecule has 4 nitrogen and oxygen atoms in total. The van der Waals surface area contributed by atoms with Crippen molar-refractivity contribution in [1.82, 2.24) is 0 Å². The van der Waals surface area contributed by atoms with Crippen molar-refractivity contribution in [2.75, 3.05) is 30.9 Å². The highest BCUT2D eigenvalue weighted by Crippen LogP contribution is 2.32. The summed E-state index contributed by atoms with van der Waals surface area (Å²) in [5.41, 5.74) is 8.94. The number of methoxy groups -OCH3 is 1. The minimum atomic E-state index is 0.673. The molecule has 0 saturated carbocycles. The minimum Gasteiger partial charge on any atom is -0.495 e. The highest BCUT2D eigenvalue weighted by molar-refractivity contribution is 5.61. The predicted molar refractivity (Wildman–Crippen MR) is 80.4 cm³/mol.